The van der Waals surface area contributed by atoms with E-state index >= 15 is 0 Å². The Hall–Kier alpha value is -0.900. The molecule has 146 valence electrons. The summed E-state index contributed by atoms with van der Waals surface area (Å²) < 4.78 is 5.88. The lowest BCUT2D eigenvalue weighted by atomic mass is 9.66. The van der Waals surface area contributed by atoms with Gasteiger partial charge in [0, 0.05) is 36.9 Å². The van der Waals surface area contributed by atoms with E-state index in [4.69, 9.17) is 4.74 Å². The van der Waals surface area contributed by atoms with Gasteiger partial charge in [0.05, 0.1) is 6.10 Å². The van der Waals surface area contributed by atoms with Crippen LogP contribution in [0.1, 0.15) is 77.6 Å². The third-order valence-corrected chi connectivity index (χ3v) is 7.53. The van der Waals surface area contributed by atoms with Crippen molar-refractivity contribution in [2.45, 2.75) is 89.7 Å². The molecular weight excluding hydrogens is 326 g/mol. The average molecular weight is 362 g/mol. The highest BCUT2D eigenvalue weighted by molar-refractivity contribution is 5.88. The molecular formula is C22H35NO3. The van der Waals surface area contributed by atoms with E-state index in [0.29, 0.717) is 17.7 Å². The molecule has 1 heterocycles. The van der Waals surface area contributed by atoms with Crippen LogP contribution in [0.2, 0.25) is 0 Å². The summed E-state index contributed by atoms with van der Waals surface area (Å²) in [5.41, 5.74) is 0. The van der Waals surface area contributed by atoms with Gasteiger partial charge in [-0.05, 0) is 70.1 Å². The zero-order valence-corrected chi connectivity index (χ0v) is 16.3. The van der Waals surface area contributed by atoms with Gasteiger partial charge in [0.2, 0.25) is 5.91 Å². The molecule has 4 nitrogen and oxygen atoms in total. The van der Waals surface area contributed by atoms with Crippen LogP contribution in [0, 0.1) is 23.7 Å². The smallest absolute Gasteiger partial charge is 0.226 e. The van der Waals surface area contributed by atoms with Crippen molar-refractivity contribution in [3.8, 4) is 0 Å². The van der Waals surface area contributed by atoms with Gasteiger partial charge in [-0.25, -0.2) is 0 Å². The van der Waals surface area contributed by atoms with E-state index in [1.807, 2.05) is 0 Å². The van der Waals surface area contributed by atoms with Crippen LogP contribution in [-0.2, 0) is 14.3 Å². The number of fused-ring (bicyclic) bond motifs is 2. The molecule has 1 aliphatic heterocycles. The molecule has 4 aliphatic rings. The maximum Gasteiger partial charge on any atom is 0.226 e. The van der Waals surface area contributed by atoms with Crippen LogP contribution in [0.3, 0.4) is 0 Å². The zero-order chi connectivity index (χ0) is 18.1. The Balaban J connectivity index is 1.47. The van der Waals surface area contributed by atoms with Gasteiger partial charge < -0.3 is 9.64 Å². The summed E-state index contributed by atoms with van der Waals surface area (Å²) in [7, 11) is 0. The number of carbonyl (C=O) groups excluding carboxylic acids is 2. The van der Waals surface area contributed by atoms with E-state index in [1.54, 1.807) is 0 Å². The Labute approximate surface area is 158 Å². The quantitative estimate of drug-likeness (QED) is 0.761. The van der Waals surface area contributed by atoms with Crippen LogP contribution in [0.25, 0.3) is 0 Å². The molecule has 4 heteroatoms. The molecule has 0 spiro atoms. The Morgan fingerprint density at radius 1 is 1.00 bits per heavy atom. The second kappa shape index (κ2) is 8.00. The second-order valence-corrected chi connectivity index (χ2v) is 9.43. The molecule has 0 aromatic carbocycles. The molecule has 4 atom stereocenters. The maximum absolute atomic E-state index is 13.6. The Kier molecular flexibility index (Phi) is 5.68. The molecule has 2 bridgehead atoms. The fourth-order valence-corrected chi connectivity index (χ4v) is 5.90. The largest absolute Gasteiger partial charge is 0.376 e. The van der Waals surface area contributed by atoms with Crippen molar-refractivity contribution in [3.05, 3.63) is 0 Å². The van der Waals surface area contributed by atoms with Crippen molar-refractivity contribution in [1.82, 2.24) is 4.90 Å². The topological polar surface area (TPSA) is 46.6 Å². The van der Waals surface area contributed by atoms with Gasteiger partial charge >= 0.3 is 0 Å². The van der Waals surface area contributed by atoms with E-state index in [2.05, 4.69) is 11.8 Å². The first kappa shape index (κ1) is 18.5. The first-order valence-corrected chi connectivity index (χ1v) is 11.1. The van der Waals surface area contributed by atoms with Gasteiger partial charge in [0.1, 0.15) is 5.78 Å². The van der Waals surface area contributed by atoms with Crippen molar-refractivity contribution in [2.24, 2.45) is 23.7 Å². The van der Waals surface area contributed by atoms with Gasteiger partial charge in [-0.1, -0.05) is 13.3 Å². The van der Waals surface area contributed by atoms with Crippen LogP contribution in [0.15, 0.2) is 0 Å². The Bertz CT molecular complexity index is 503. The molecule has 1 unspecified atom stereocenters. The van der Waals surface area contributed by atoms with E-state index in [1.165, 1.54) is 19.3 Å². The zero-order valence-electron chi connectivity index (χ0n) is 16.3. The van der Waals surface area contributed by atoms with Crippen molar-refractivity contribution in [1.29, 1.82) is 0 Å². The van der Waals surface area contributed by atoms with E-state index in [0.717, 1.165) is 70.4 Å². The summed E-state index contributed by atoms with van der Waals surface area (Å²) in [6.07, 6.45) is 12.0. The lowest BCUT2D eigenvalue weighted by molar-refractivity contribution is -0.147. The maximum atomic E-state index is 13.6. The van der Waals surface area contributed by atoms with Gasteiger partial charge in [-0.3, -0.25) is 9.59 Å². The number of Topliss-reactive ketones (excluding diaryl/α,β-unsaturated/α-hetero) is 1. The molecule has 0 radical (unpaired) electrons. The van der Waals surface area contributed by atoms with Crippen molar-refractivity contribution in [3.63, 3.8) is 0 Å². The summed E-state index contributed by atoms with van der Waals surface area (Å²) in [6, 6.07) is 0.389. The van der Waals surface area contributed by atoms with Crippen LogP contribution < -0.4 is 0 Å². The fraction of sp³-hybridized carbons (Fsp3) is 0.909. The number of rotatable bonds is 4. The van der Waals surface area contributed by atoms with Gasteiger partial charge in [-0.2, -0.15) is 0 Å². The molecule has 0 aromatic rings. The lowest BCUT2D eigenvalue weighted by Crippen LogP contribution is -2.50. The highest BCUT2D eigenvalue weighted by Gasteiger charge is 2.43. The molecule has 1 amide bonds. The van der Waals surface area contributed by atoms with Crippen molar-refractivity contribution < 1.29 is 14.3 Å². The molecule has 26 heavy (non-hydrogen) atoms. The van der Waals surface area contributed by atoms with Gasteiger partial charge in [0.15, 0.2) is 0 Å². The molecule has 3 aliphatic carbocycles. The summed E-state index contributed by atoms with van der Waals surface area (Å²) >= 11 is 0. The number of nitrogens with zero attached hydrogens (tertiary/aromatic N) is 1. The van der Waals surface area contributed by atoms with Crippen LogP contribution in [-0.4, -0.2) is 41.9 Å². The minimum Gasteiger partial charge on any atom is -0.376 e. The van der Waals surface area contributed by atoms with E-state index < -0.39 is 0 Å². The minimum absolute atomic E-state index is 0.0729. The first-order valence-electron chi connectivity index (χ1n) is 11.1. The number of amides is 1. The third-order valence-electron chi connectivity index (χ3n) is 7.53. The van der Waals surface area contributed by atoms with Crippen LogP contribution in [0.4, 0.5) is 0 Å². The molecule has 4 fully saturated rings. The number of ether oxygens (including phenoxy) is 1. The Morgan fingerprint density at radius 2 is 1.69 bits per heavy atom. The first-order chi connectivity index (χ1) is 12.6. The van der Waals surface area contributed by atoms with Gasteiger partial charge in [0.25, 0.3) is 0 Å². The minimum atomic E-state index is 0.0729. The monoisotopic (exact) mass is 361 g/mol. The molecule has 0 aromatic heterocycles. The normalized spacial score (nSPS) is 40.4. The summed E-state index contributed by atoms with van der Waals surface area (Å²) in [5, 5.41) is 0. The van der Waals surface area contributed by atoms with Crippen LogP contribution in [0.5, 0.6) is 0 Å². The number of hydrogen-bond acceptors (Lipinski definition) is 3. The predicted octanol–water partition coefficient (Wildman–Crippen LogP) is 3.97. The highest BCUT2D eigenvalue weighted by Crippen LogP contribution is 2.41. The molecule has 3 saturated carbocycles. The summed E-state index contributed by atoms with van der Waals surface area (Å²) in [4.78, 5) is 28.2. The summed E-state index contributed by atoms with van der Waals surface area (Å²) in [6.45, 7) is 3.95. The van der Waals surface area contributed by atoms with Crippen LogP contribution >= 0.6 is 0 Å². The third kappa shape index (κ3) is 3.85. The lowest BCUT2D eigenvalue weighted by Gasteiger charge is -2.42. The Morgan fingerprint density at radius 3 is 2.31 bits per heavy atom. The predicted molar refractivity (Wildman–Crippen MR) is 101 cm³/mol. The average Bonchev–Trinajstić information content (AvgIpc) is 3.13. The number of ketones is 1. The standard InChI is InChI=1S/C22H35NO3/c1-15-7-9-19(10-8-15)23(14-20-6-3-11-26-20)22(25)18-12-16-4-2-5-17(13-18)21(16)24/h15-20H,2-14H2,1H3/t15?,16-,17+,18?,19?,20-/m1/s1. The van der Waals surface area contributed by atoms with E-state index in [9.17, 15) is 9.59 Å². The van der Waals surface area contributed by atoms with Crippen molar-refractivity contribution >= 4 is 11.7 Å². The summed E-state index contributed by atoms with van der Waals surface area (Å²) in [5.74, 6) is 1.98. The van der Waals surface area contributed by atoms with Crippen molar-refractivity contribution in [2.75, 3.05) is 13.2 Å². The number of carbonyl (C=O) groups is 2. The second-order valence-electron chi connectivity index (χ2n) is 9.43. The van der Waals surface area contributed by atoms with Gasteiger partial charge in [-0.15, -0.1) is 0 Å². The molecule has 4 rings (SSSR count). The van der Waals surface area contributed by atoms with E-state index in [-0.39, 0.29) is 23.9 Å². The molecule has 0 N–H and O–H groups in total. The fourth-order valence-electron chi connectivity index (χ4n) is 5.90. The number of hydrogen-bond donors (Lipinski definition) is 0. The highest BCUT2D eigenvalue weighted by atomic mass is 16.5. The SMILES string of the molecule is CC1CCC(N(C[C@H]2CCCO2)C(=O)C2C[C@H]3CCC[C@@H](C2)C3=O)CC1. The molecule has 1 saturated heterocycles.